The van der Waals surface area contributed by atoms with Gasteiger partial charge in [-0.3, -0.25) is 0 Å². The van der Waals surface area contributed by atoms with E-state index in [4.69, 9.17) is 0 Å². The Kier molecular flexibility index (Phi) is 4.66. The van der Waals surface area contributed by atoms with Crippen molar-refractivity contribution in [3.05, 3.63) is 126 Å². The third kappa shape index (κ3) is 3.24. The molecule has 0 fully saturated rings. The zero-order chi connectivity index (χ0) is 21.5. The van der Waals surface area contributed by atoms with Crippen molar-refractivity contribution in [3.63, 3.8) is 0 Å². The summed E-state index contributed by atoms with van der Waals surface area (Å²) in [5, 5.41) is 2.54. The molecule has 5 aromatic carbocycles. The number of halogens is 1. The lowest BCUT2D eigenvalue weighted by molar-refractivity contribution is 1.18. The van der Waals surface area contributed by atoms with Crippen molar-refractivity contribution in [2.24, 2.45) is 0 Å². The summed E-state index contributed by atoms with van der Waals surface area (Å²) in [7, 11) is 0. The molecule has 0 N–H and O–H groups in total. The molecule has 1 nitrogen and oxygen atoms in total. The van der Waals surface area contributed by atoms with Crippen LogP contribution in [0, 0.1) is 0 Å². The van der Waals surface area contributed by atoms with Crippen molar-refractivity contribution in [2.45, 2.75) is 0 Å². The topological polar surface area (TPSA) is 4.93 Å². The molecule has 152 valence electrons. The lowest BCUT2D eigenvalue weighted by atomic mass is 10.0. The maximum atomic E-state index is 3.54. The minimum absolute atomic E-state index is 1.10. The van der Waals surface area contributed by atoms with Gasteiger partial charge >= 0.3 is 0 Å². The monoisotopic (exact) mass is 473 g/mol. The van der Waals surface area contributed by atoms with Crippen molar-refractivity contribution in [2.75, 3.05) is 0 Å². The lowest BCUT2D eigenvalue weighted by Crippen LogP contribution is -1.93. The first-order valence-electron chi connectivity index (χ1n) is 10.7. The Morgan fingerprint density at radius 1 is 0.438 bits per heavy atom. The van der Waals surface area contributed by atoms with Crippen LogP contribution in [-0.2, 0) is 0 Å². The molecule has 6 rings (SSSR count). The molecule has 0 spiro atoms. The zero-order valence-electron chi connectivity index (χ0n) is 17.4. The molecule has 0 unspecified atom stereocenters. The van der Waals surface area contributed by atoms with Gasteiger partial charge in [-0.25, -0.2) is 0 Å². The molecular formula is C30H20BrN. The van der Waals surface area contributed by atoms with Gasteiger partial charge < -0.3 is 4.57 Å². The van der Waals surface area contributed by atoms with E-state index in [0.717, 1.165) is 4.47 Å². The van der Waals surface area contributed by atoms with E-state index in [1.54, 1.807) is 0 Å². The fraction of sp³-hybridized carbons (Fsp3) is 0. The molecule has 0 aliphatic rings. The number of fused-ring (bicyclic) bond motifs is 3. The number of hydrogen-bond acceptors (Lipinski definition) is 0. The van der Waals surface area contributed by atoms with Gasteiger partial charge in [-0.2, -0.15) is 0 Å². The summed E-state index contributed by atoms with van der Waals surface area (Å²) in [6, 6.07) is 43.3. The Morgan fingerprint density at radius 3 is 1.78 bits per heavy atom. The average molecular weight is 474 g/mol. The van der Waals surface area contributed by atoms with Crippen LogP contribution in [0.1, 0.15) is 0 Å². The predicted octanol–water partition coefficient (Wildman–Crippen LogP) is 8.88. The largest absolute Gasteiger partial charge is 0.309 e. The second kappa shape index (κ2) is 7.81. The number of nitrogens with zero attached hydrogens (tertiary/aromatic N) is 1. The van der Waals surface area contributed by atoms with Gasteiger partial charge in [0.1, 0.15) is 0 Å². The molecule has 0 amide bonds. The van der Waals surface area contributed by atoms with E-state index in [1.807, 2.05) is 0 Å². The molecule has 0 aliphatic carbocycles. The molecule has 1 heterocycles. The molecule has 6 aromatic rings. The van der Waals surface area contributed by atoms with E-state index in [2.05, 4.69) is 142 Å². The molecule has 0 saturated heterocycles. The molecule has 2 heteroatoms. The fourth-order valence-electron chi connectivity index (χ4n) is 4.51. The molecule has 0 atom stereocenters. The highest BCUT2D eigenvalue weighted by atomic mass is 79.9. The van der Waals surface area contributed by atoms with Gasteiger partial charge in [-0.05, 0) is 64.7 Å². The standard InChI is InChI=1S/C30H20BrN/c31-25-15-10-23(11-16-25)24-14-19-30-28(20-24)27-8-4-5-9-29(27)32(30)26-17-12-22(13-18-26)21-6-2-1-3-7-21/h1-20H. The number of rotatable bonds is 3. The Morgan fingerprint density at radius 2 is 1.00 bits per heavy atom. The van der Waals surface area contributed by atoms with Crippen LogP contribution >= 0.6 is 15.9 Å². The van der Waals surface area contributed by atoms with Crippen LogP contribution in [0.15, 0.2) is 126 Å². The van der Waals surface area contributed by atoms with Gasteiger partial charge in [-0.1, -0.05) is 94.8 Å². The van der Waals surface area contributed by atoms with E-state index in [1.165, 1.54) is 49.7 Å². The molecule has 0 radical (unpaired) electrons. The van der Waals surface area contributed by atoms with E-state index >= 15 is 0 Å². The molecule has 32 heavy (non-hydrogen) atoms. The van der Waals surface area contributed by atoms with Gasteiger partial charge in [0.15, 0.2) is 0 Å². The molecule has 0 saturated carbocycles. The summed E-state index contributed by atoms with van der Waals surface area (Å²) >= 11 is 3.54. The minimum Gasteiger partial charge on any atom is -0.309 e. The van der Waals surface area contributed by atoms with E-state index < -0.39 is 0 Å². The van der Waals surface area contributed by atoms with Crippen LogP contribution in [0.25, 0.3) is 49.7 Å². The van der Waals surface area contributed by atoms with Crippen molar-refractivity contribution >= 4 is 37.7 Å². The summed E-state index contributed by atoms with van der Waals surface area (Å²) in [5.74, 6) is 0. The molecule has 0 aliphatic heterocycles. The van der Waals surface area contributed by atoms with Crippen molar-refractivity contribution < 1.29 is 0 Å². The van der Waals surface area contributed by atoms with Crippen LogP contribution < -0.4 is 0 Å². The Labute approximate surface area is 195 Å². The number of aromatic nitrogens is 1. The van der Waals surface area contributed by atoms with E-state index in [0.29, 0.717) is 0 Å². The van der Waals surface area contributed by atoms with E-state index in [9.17, 15) is 0 Å². The smallest absolute Gasteiger partial charge is 0.0541 e. The Balaban J connectivity index is 1.53. The van der Waals surface area contributed by atoms with Crippen LogP contribution in [0.2, 0.25) is 0 Å². The first-order valence-corrected chi connectivity index (χ1v) is 11.5. The first kappa shape index (κ1) is 19.1. The fourth-order valence-corrected chi connectivity index (χ4v) is 4.77. The third-order valence-corrected chi connectivity index (χ3v) is 6.61. The first-order chi connectivity index (χ1) is 15.8. The van der Waals surface area contributed by atoms with Gasteiger partial charge in [0, 0.05) is 20.9 Å². The van der Waals surface area contributed by atoms with Crippen molar-refractivity contribution in [3.8, 4) is 27.9 Å². The van der Waals surface area contributed by atoms with Gasteiger partial charge in [0.25, 0.3) is 0 Å². The number of para-hydroxylation sites is 1. The van der Waals surface area contributed by atoms with Crippen LogP contribution in [0.5, 0.6) is 0 Å². The maximum absolute atomic E-state index is 3.54. The minimum atomic E-state index is 1.10. The highest BCUT2D eigenvalue weighted by Gasteiger charge is 2.13. The summed E-state index contributed by atoms with van der Waals surface area (Å²) in [5.41, 5.74) is 8.54. The summed E-state index contributed by atoms with van der Waals surface area (Å²) in [4.78, 5) is 0. The van der Waals surface area contributed by atoms with Crippen molar-refractivity contribution in [1.29, 1.82) is 0 Å². The second-order valence-electron chi connectivity index (χ2n) is 8.00. The van der Waals surface area contributed by atoms with Crippen LogP contribution in [-0.4, -0.2) is 4.57 Å². The molecule has 1 aromatic heterocycles. The number of hydrogen-bond donors (Lipinski definition) is 0. The van der Waals surface area contributed by atoms with Crippen LogP contribution in [0.4, 0.5) is 0 Å². The van der Waals surface area contributed by atoms with E-state index in [-0.39, 0.29) is 0 Å². The predicted molar refractivity (Wildman–Crippen MR) is 139 cm³/mol. The highest BCUT2D eigenvalue weighted by Crippen LogP contribution is 2.35. The zero-order valence-corrected chi connectivity index (χ0v) is 19.0. The summed E-state index contributed by atoms with van der Waals surface area (Å²) in [6.45, 7) is 0. The SMILES string of the molecule is Brc1ccc(-c2ccc3c(c2)c2ccccc2n3-c2ccc(-c3ccccc3)cc2)cc1. The average Bonchev–Trinajstić information content (AvgIpc) is 3.19. The maximum Gasteiger partial charge on any atom is 0.0541 e. The highest BCUT2D eigenvalue weighted by molar-refractivity contribution is 9.10. The van der Waals surface area contributed by atoms with Crippen molar-refractivity contribution in [1.82, 2.24) is 4.57 Å². The normalized spacial score (nSPS) is 11.3. The quantitative estimate of drug-likeness (QED) is 0.241. The van der Waals surface area contributed by atoms with Gasteiger partial charge in [0.05, 0.1) is 11.0 Å². The second-order valence-corrected chi connectivity index (χ2v) is 8.92. The summed E-state index contributed by atoms with van der Waals surface area (Å²) < 4.78 is 3.46. The Hall–Kier alpha value is -3.62. The van der Waals surface area contributed by atoms with Crippen LogP contribution in [0.3, 0.4) is 0 Å². The summed E-state index contributed by atoms with van der Waals surface area (Å²) in [6.07, 6.45) is 0. The number of benzene rings is 5. The lowest BCUT2D eigenvalue weighted by Gasteiger charge is -2.10. The molecule has 0 bridgehead atoms. The molecular weight excluding hydrogens is 454 g/mol. The van der Waals surface area contributed by atoms with Gasteiger partial charge in [-0.15, -0.1) is 0 Å². The Bertz CT molecular complexity index is 1540. The third-order valence-electron chi connectivity index (χ3n) is 6.08. The van der Waals surface area contributed by atoms with Gasteiger partial charge in [0.2, 0.25) is 0 Å².